The lowest BCUT2D eigenvalue weighted by molar-refractivity contribution is -0.131. The van der Waals surface area contributed by atoms with Gasteiger partial charge >= 0.3 is 0 Å². The summed E-state index contributed by atoms with van der Waals surface area (Å²) in [4.78, 5) is 14.0. The summed E-state index contributed by atoms with van der Waals surface area (Å²) in [5.74, 6) is 1.18. The largest absolute Gasteiger partial charge is 0.343 e. The Morgan fingerprint density at radius 2 is 1.50 bits per heavy atom. The maximum absolute atomic E-state index is 12.0. The highest BCUT2D eigenvalue weighted by molar-refractivity contribution is 5.76. The van der Waals surface area contributed by atoms with Crippen LogP contribution >= 0.6 is 0 Å². The molecule has 0 N–H and O–H groups in total. The summed E-state index contributed by atoms with van der Waals surface area (Å²) >= 11 is 0. The van der Waals surface area contributed by atoms with Crippen LogP contribution in [-0.2, 0) is 4.79 Å². The number of unbranched alkanes of at least 4 members (excludes halogenated alkanes) is 3. The molecule has 0 heterocycles. The Kier molecular flexibility index (Phi) is 11.2. The van der Waals surface area contributed by atoms with Gasteiger partial charge in [-0.25, -0.2) is 0 Å². The van der Waals surface area contributed by atoms with E-state index in [0.29, 0.717) is 5.91 Å². The second-order valence-corrected chi connectivity index (χ2v) is 5.73. The molecule has 0 saturated carbocycles. The van der Waals surface area contributed by atoms with E-state index in [4.69, 9.17) is 0 Å². The van der Waals surface area contributed by atoms with Gasteiger partial charge in [0, 0.05) is 19.5 Å². The summed E-state index contributed by atoms with van der Waals surface area (Å²) in [6, 6.07) is 0. The lowest BCUT2D eigenvalue weighted by Gasteiger charge is -2.21. The van der Waals surface area contributed by atoms with E-state index in [9.17, 15) is 4.79 Å². The Hall–Kier alpha value is -0.530. The first-order valence-corrected chi connectivity index (χ1v) is 7.89. The number of rotatable bonds is 11. The number of hydrogen-bond acceptors (Lipinski definition) is 1. The maximum atomic E-state index is 12.0. The summed E-state index contributed by atoms with van der Waals surface area (Å²) in [5.41, 5.74) is 0. The van der Waals surface area contributed by atoms with E-state index < -0.39 is 0 Å². The SMILES string of the molecule is CCCN(CCC)C(=O)CCCCCCC(C)C. The molecular formula is C16H33NO. The fourth-order valence-electron chi connectivity index (χ4n) is 2.24. The third-order valence-corrected chi connectivity index (χ3v) is 3.26. The number of hydrogen-bond donors (Lipinski definition) is 0. The quantitative estimate of drug-likeness (QED) is 0.493. The van der Waals surface area contributed by atoms with Crippen molar-refractivity contribution in [3.05, 3.63) is 0 Å². The van der Waals surface area contributed by atoms with Crippen molar-refractivity contribution < 1.29 is 4.79 Å². The lowest BCUT2D eigenvalue weighted by atomic mass is 10.0. The molecule has 0 aromatic rings. The van der Waals surface area contributed by atoms with E-state index in [-0.39, 0.29) is 0 Å². The van der Waals surface area contributed by atoms with Crippen LogP contribution in [-0.4, -0.2) is 23.9 Å². The van der Waals surface area contributed by atoms with Crippen molar-refractivity contribution in [2.75, 3.05) is 13.1 Å². The maximum Gasteiger partial charge on any atom is 0.222 e. The third-order valence-electron chi connectivity index (χ3n) is 3.26. The fraction of sp³-hybridized carbons (Fsp3) is 0.938. The highest BCUT2D eigenvalue weighted by Gasteiger charge is 2.10. The van der Waals surface area contributed by atoms with E-state index in [1.165, 1.54) is 25.7 Å². The molecule has 0 aliphatic carbocycles. The van der Waals surface area contributed by atoms with Gasteiger partial charge < -0.3 is 4.90 Å². The Bertz CT molecular complexity index is 195. The first-order chi connectivity index (χ1) is 8.61. The summed E-state index contributed by atoms with van der Waals surface area (Å²) in [5, 5.41) is 0. The Morgan fingerprint density at radius 3 is 2.00 bits per heavy atom. The molecule has 18 heavy (non-hydrogen) atoms. The molecule has 0 saturated heterocycles. The molecule has 0 rings (SSSR count). The van der Waals surface area contributed by atoms with Gasteiger partial charge in [0.15, 0.2) is 0 Å². The van der Waals surface area contributed by atoms with Gasteiger partial charge in [-0.05, 0) is 25.2 Å². The predicted octanol–water partition coefficient (Wildman–Crippen LogP) is 4.63. The molecule has 0 fully saturated rings. The minimum absolute atomic E-state index is 0.363. The van der Waals surface area contributed by atoms with Crippen LogP contribution in [0.3, 0.4) is 0 Å². The van der Waals surface area contributed by atoms with Gasteiger partial charge in [0.1, 0.15) is 0 Å². The Balaban J connectivity index is 3.60. The van der Waals surface area contributed by atoms with Gasteiger partial charge in [0.25, 0.3) is 0 Å². The first kappa shape index (κ1) is 17.5. The zero-order chi connectivity index (χ0) is 13.8. The summed E-state index contributed by atoms with van der Waals surface area (Å²) in [6.07, 6.45) is 9.10. The van der Waals surface area contributed by atoms with Crippen LogP contribution in [0.5, 0.6) is 0 Å². The summed E-state index contributed by atoms with van der Waals surface area (Å²) in [7, 11) is 0. The monoisotopic (exact) mass is 255 g/mol. The van der Waals surface area contributed by atoms with Gasteiger partial charge in [0.05, 0.1) is 0 Å². The number of amides is 1. The van der Waals surface area contributed by atoms with Crippen molar-refractivity contribution >= 4 is 5.91 Å². The molecule has 0 bridgehead atoms. The fourth-order valence-corrected chi connectivity index (χ4v) is 2.24. The molecule has 108 valence electrons. The standard InChI is InChI=1S/C16H33NO/c1-5-13-17(14-6-2)16(18)12-10-8-7-9-11-15(3)4/h15H,5-14H2,1-4H3. The molecule has 0 radical (unpaired) electrons. The Labute approximate surface area is 114 Å². The second-order valence-electron chi connectivity index (χ2n) is 5.73. The van der Waals surface area contributed by atoms with Crippen molar-refractivity contribution in [3.63, 3.8) is 0 Å². The summed E-state index contributed by atoms with van der Waals surface area (Å²) < 4.78 is 0. The van der Waals surface area contributed by atoms with E-state index in [1.807, 2.05) is 4.90 Å². The van der Waals surface area contributed by atoms with Crippen molar-refractivity contribution in [1.29, 1.82) is 0 Å². The molecule has 0 atom stereocenters. The predicted molar refractivity (Wildman–Crippen MR) is 79.7 cm³/mol. The van der Waals surface area contributed by atoms with Gasteiger partial charge in [-0.15, -0.1) is 0 Å². The Morgan fingerprint density at radius 1 is 0.944 bits per heavy atom. The molecule has 0 spiro atoms. The molecular weight excluding hydrogens is 222 g/mol. The van der Waals surface area contributed by atoms with E-state index in [0.717, 1.165) is 44.7 Å². The minimum Gasteiger partial charge on any atom is -0.343 e. The second kappa shape index (κ2) is 11.6. The molecule has 0 aromatic heterocycles. The van der Waals surface area contributed by atoms with Crippen LogP contribution in [0, 0.1) is 5.92 Å². The van der Waals surface area contributed by atoms with E-state index >= 15 is 0 Å². The topological polar surface area (TPSA) is 20.3 Å². The van der Waals surface area contributed by atoms with Gasteiger partial charge in [0.2, 0.25) is 5.91 Å². The van der Waals surface area contributed by atoms with Gasteiger partial charge in [-0.2, -0.15) is 0 Å². The minimum atomic E-state index is 0.363. The molecule has 2 heteroatoms. The smallest absolute Gasteiger partial charge is 0.222 e. The van der Waals surface area contributed by atoms with Crippen molar-refractivity contribution in [3.8, 4) is 0 Å². The van der Waals surface area contributed by atoms with E-state index in [2.05, 4.69) is 27.7 Å². The molecule has 0 aliphatic heterocycles. The molecule has 2 nitrogen and oxygen atoms in total. The van der Waals surface area contributed by atoms with Crippen LogP contribution < -0.4 is 0 Å². The van der Waals surface area contributed by atoms with E-state index in [1.54, 1.807) is 0 Å². The zero-order valence-electron chi connectivity index (χ0n) is 13.0. The van der Waals surface area contributed by atoms with Crippen molar-refractivity contribution in [2.24, 2.45) is 5.92 Å². The van der Waals surface area contributed by atoms with Crippen LogP contribution in [0.15, 0.2) is 0 Å². The van der Waals surface area contributed by atoms with Gasteiger partial charge in [-0.3, -0.25) is 4.79 Å². The average Bonchev–Trinajstić information content (AvgIpc) is 2.32. The average molecular weight is 255 g/mol. The molecule has 0 unspecified atom stereocenters. The van der Waals surface area contributed by atoms with Gasteiger partial charge in [-0.1, -0.05) is 53.4 Å². The molecule has 1 amide bonds. The van der Waals surface area contributed by atoms with Crippen molar-refractivity contribution in [1.82, 2.24) is 4.90 Å². The normalized spacial score (nSPS) is 10.9. The van der Waals surface area contributed by atoms with Crippen LogP contribution in [0.4, 0.5) is 0 Å². The summed E-state index contributed by atoms with van der Waals surface area (Å²) in [6.45, 7) is 10.7. The van der Waals surface area contributed by atoms with Crippen LogP contribution in [0.2, 0.25) is 0 Å². The lowest BCUT2D eigenvalue weighted by Crippen LogP contribution is -2.32. The molecule has 0 aliphatic rings. The first-order valence-electron chi connectivity index (χ1n) is 7.89. The number of carbonyl (C=O) groups is 1. The van der Waals surface area contributed by atoms with Crippen LogP contribution in [0.1, 0.15) is 79.1 Å². The molecule has 0 aromatic carbocycles. The third kappa shape index (κ3) is 9.49. The van der Waals surface area contributed by atoms with Crippen molar-refractivity contribution in [2.45, 2.75) is 79.1 Å². The number of nitrogens with zero attached hydrogens (tertiary/aromatic N) is 1. The zero-order valence-corrected chi connectivity index (χ0v) is 13.0. The number of carbonyl (C=O) groups excluding carboxylic acids is 1. The van der Waals surface area contributed by atoms with Crippen LogP contribution in [0.25, 0.3) is 0 Å². The highest BCUT2D eigenvalue weighted by atomic mass is 16.2. The highest BCUT2D eigenvalue weighted by Crippen LogP contribution is 2.11.